The van der Waals surface area contributed by atoms with Crippen LogP contribution < -0.4 is 4.74 Å². The van der Waals surface area contributed by atoms with Gasteiger partial charge in [0.1, 0.15) is 11.9 Å². The van der Waals surface area contributed by atoms with Crippen LogP contribution in [-0.2, 0) is 6.42 Å². The van der Waals surface area contributed by atoms with Crippen molar-refractivity contribution in [1.82, 2.24) is 0 Å². The Morgan fingerprint density at radius 2 is 2.00 bits per heavy atom. The highest BCUT2D eigenvalue weighted by molar-refractivity contribution is 5.33. The third kappa shape index (κ3) is 2.50. The molecule has 0 radical (unpaired) electrons. The highest BCUT2D eigenvalue weighted by Crippen LogP contribution is 2.40. The molecular formula is C12H14F2O2. The van der Waals surface area contributed by atoms with Gasteiger partial charge in [-0.25, -0.2) is 8.78 Å². The molecule has 0 aromatic heterocycles. The first-order chi connectivity index (χ1) is 7.61. The Balaban J connectivity index is 1.99. The van der Waals surface area contributed by atoms with Gasteiger partial charge in [-0.3, -0.25) is 0 Å². The van der Waals surface area contributed by atoms with Gasteiger partial charge in [-0.05, 0) is 18.1 Å². The number of hydrogen-bond acceptors (Lipinski definition) is 2. The summed E-state index contributed by atoms with van der Waals surface area (Å²) < 4.78 is 30.7. The normalized spacial score (nSPS) is 19.2. The van der Waals surface area contributed by atoms with Crippen LogP contribution in [-0.4, -0.2) is 23.7 Å². The van der Waals surface area contributed by atoms with Crippen molar-refractivity contribution in [3.05, 3.63) is 29.8 Å². The summed E-state index contributed by atoms with van der Waals surface area (Å²) in [5.74, 6) is -1.95. The maximum Gasteiger partial charge on any atom is 0.255 e. The molecule has 2 rings (SSSR count). The average molecular weight is 228 g/mol. The van der Waals surface area contributed by atoms with Crippen LogP contribution in [0.4, 0.5) is 8.78 Å². The summed E-state index contributed by atoms with van der Waals surface area (Å²) in [6.07, 6.45) is -0.324. The number of ether oxygens (including phenoxy) is 1. The van der Waals surface area contributed by atoms with Crippen LogP contribution in [0.3, 0.4) is 0 Å². The fraction of sp³-hybridized carbons (Fsp3) is 0.500. The lowest BCUT2D eigenvalue weighted by Gasteiger charge is -2.35. The molecule has 0 saturated heterocycles. The van der Waals surface area contributed by atoms with E-state index < -0.39 is 12.0 Å². The molecule has 1 aromatic rings. The SMILES string of the molecule is OCCc1ccccc1OC1CC(F)(F)C1. The van der Waals surface area contributed by atoms with E-state index in [1.54, 1.807) is 12.1 Å². The Morgan fingerprint density at radius 3 is 2.62 bits per heavy atom. The lowest BCUT2D eigenvalue weighted by Crippen LogP contribution is -2.43. The van der Waals surface area contributed by atoms with E-state index in [9.17, 15) is 8.78 Å². The van der Waals surface area contributed by atoms with E-state index in [0.29, 0.717) is 12.2 Å². The van der Waals surface area contributed by atoms with Crippen molar-refractivity contribution >= 4 is 0 Å². The first-order valence-corrected chi connectivity index (χ1v) is 5.34. The van der Waals surface area contributed by atoms with E-state index in [2.05, 4.69) is 0 Å². The predicted octanol–water partition coefficient (Wildman–Crippen LogP) is 2.40. The minimum Gasteiger partial charge on any atom is -0.490 e. The van der Waals surface area contributed by atoms with E-state index in [1.165, 1.54) is 0 Å². The molecule has 0 amide bonds. The number of hydrogen-bond donors (Lipinski definition) is 1. The quantitative estimate of drug-likeness (QED) is 0.857. The number of para-hydroxylation sites is 1. The summed E-state index contributed by atoms with van der Waals surface area (Å²) in [5, 5.41) is 8.86. The van der Waals surface area contributed by atoms with Gasteiger partial charge in [0.25, 0.3) is 5.92 Å². The van der Waals surface area contributed by atoms with Gasteiger partial charge in [0.15, 0.2) is 0 Å². The van der Waals surface area contributed by atoms with Crippen molar-refractivity contribution in [1.29, 1.82) is 0 Å². The van der Waals surface area contributed by atoms with Crippen LogP contribution in [0, 0.1) is 0 Å². The number of aliphatic hydroxyl groups excluding tert-OH is 1. The van der Waals surface area contributed by atoms with Crippen LogP contribution in [0.15, 0.2) is 24.3 Å². The number of alkyl halides is 2. The number of rotatable bonds is 4. The number of aliphatic hydroxyl groups is 1. The van der Waals surface area contributed by atoms with Crippen molar-refractivity contribution in [3.8, 4) is 5.75 Å². The summed E-state index contributed by atoms with van der Waals surface area (Å²) >= 11 is 0. The topological polar surface area (TPSA) is 29.5 Å². The summed E-state index contributed by atoms with van der Waals surface area (Å²) in [5.41, 5.74) is 0.861. The first-order valence-electron chi connectivity index (χ1n) is 5.34. The largest absolute Gasteiger partial charge is 0.490 e. The van der Waals surface area contributed by atoms with Crippen LogP contribution in [0.5, 0.6) is 5.75 Å². The molecule has 1 aliphatic carbocycles. The van der Waals surface area contributed by atoms with E-state index in [-0.39, 0.29) is 19.4 Å². The van der Waals surface area contributed by atoms with Gasteiger partial charge in [-0.1, -0.05) is 18.2 Å². The molecule has 1 aliphatic rings. The van der Waals surface area contributed by atoms with Crippen molar-refractivity contribution in [2.75, 3.05) is 6.61 Å². The van der Waals surface area contributed by atoms with Crippen molar-refractivity contribution in [3.63, 3.8) is 0 Å². The molecule has 0 heterocycles. The van der Waals surface area contributed by atoms with Crippen LogP contribution >= 0.6 is 0 Å². The first kappa shape index (κ1) is 11.3. The minimum atomic E-state index is -2.56. The third-order valence-electron chi connectivity index (χ3n) is 2.70. The van der Waals surface area contributed by atoms with Gasteiger partial charge < -0.3 is 9.84 Å². The molecule has 4 heteroatoms. The second kappa shape index (κ2) is 4.37. The van der Waals surface area contributed by atoms with E-state index in [0.717, 1.165) is 5.56 Å². The molecule has 0 spiro atoms. The van der Waals surface area contributed by atoms with E-state index in [4.69, 9.17) is 9.84 Å². The standard InChI is InChI=1S/C12H14F2O2/c13-12(14)7-10(8-12)16-11-4-2-1-3-9(11)5-6-15/h1-4,10,15H,5-8H2. The Kier molecular flexibility index (Phi) is 3.10. The second-order valence-electron chi connectivity index (χ2n) is 4.09. The highest BCUT2D eigenvalue weighted by Gasteiger charge is 2.47. The molecular weight excluding hydrogens is 214 g/mol. The van der Waals surface area contributed by atoms with Crippen molar-refractivity contribution in [2.24, 2.45) is 0 Å². The average Bonchev–Trinajstić information content (AvgIpc) is 2.18. The molecule has 0 aliphatic heterocycles. The highest BCUT2D eigenvalue weighted by atomic mass is 19.3. The second-order valence-corrected chi connectivity index (χ2v) is 4.09. The molecule has 1 aromatic carbocycles. The molecule has 16 heavy (non-hydrogen) atoms. The summed E-state index contributed by atoms with van der Waals surface area (Å²) in [6.45, 7) is 0.0290. The Bertz CT molecular complexity index is 358. The monoisotopic (exact) mass is 228 g/mol. The lowest BCUT2D eigenvalue weighted by molar-refractivity contribution is -0.134. The molecule has 88 valence electrons. The van der Waals surface area contributed by atoms with Crippen molar-refractivity contribution in [2.45, 2.75) is 31.3 Å². The zero-order valence-electron chi connectivity index (χ0n) is 8.83. The van der Waals surface area contributed by atoms with Crippen molar-refractivity contribution < 1.29 is 18.6 Å². The lowest BCUT2D eigenvalue weighted by atomic mass is 9.91. The van der Waals surface area contributed by atoms with E-state index in [1.807, 2.05) is 12.1 Å². The molecule has 0 atom stereocenters. The van der Waals surface area contributed by atoms with Gasteiger partial charge in [0.2, 0.25) is 0 Å². The van der Waals surface area contributed by atoms with Gasteiger partial charge >= 0.3 is 0 Å². The molecule has 1 saturated carbocycles. The smallest absolute Gasteiger partial charge is 0.255 e. The predicted molar refractivity (Wildman–Crippen MR) is 55.8 cm³/mol. The molecule has 2 nitrogen and oxygen atoms in total. The van der Waals surface area contributed by atoms with Gasteiger partial charge in [0, 0.05) is 19.4 Å². The summed E-state index contributed by atoms with van der Waals surface area (Å²) in [7, 11) is 0. The maximum atomic E-state index is 12.6. The Labute approximate surface area is 92.9 Å². The Hall–Kier alpha value is -1.16. The van der Waals surface area contributed by atoms with Gasteiger partial charge in [-0.2, -0.15) is 0 Å². The molecule has 1 N–H and O–H groups in total. The number of halogens is 2. The maximum absolute atomic E-state index is 12.6. The molecule has 0 bridgehead atoms. The zero-order chi connectivity index (χ0) is 11.6. The fourth-order valence-electron chi connectivity index (χ4n) is 1.82. The Morgan fingerprint density at radius 1 is 1.31 bits per heavy atom. The number of benzene rings is 1. The van der Waals surface area contributed by atoms with E-state index >= 15 is 0 Å². The van der Waals surface area contributed by atoms with Crippen LogP contribution in [0.1, 0.15) is 18.4 Å². The summed E-state index contributed by atoms with van der Waals surface area (Å²) in [4.78, 5) is 0. The van der Waals surface area contributed by atoms with Gasteiger partial charge in [0.05, 0.1) is 0 Å². The van der Waals surface area contributed by atoms with Crippen LogP contribution in [0.25, 0.3) is 0 Å². The molecule has 1 fully saturated rings. The summed E-state index contributed by atoms with van der Waals surface area (Å²) in [6, 6.07) is 7.23. The zero-order valence-corrected chi connectivity index (χ0v) is 8.83. The third-order valence-corrected chi connectivity index (χ3v) is 2.70. The van der Waals surface area contributed by atoms with Crippen LogP contribution in [0.2, 0.25) is 0 Å². The molecule has 0 unspecified atom stereocenters. The fourth-order valence-corrected chi connectivity index (χ4v) is 1.82. The van der Waals surface area contributed by atoms with Gasteiger partial charge in [-0.15, -0.1) is 0 Å². The minimum absolute atomic E-state index is 0.0290.